The first kappa shape index (κ1) is 17.8. The Balaban J connectivity index is 1.78. The zero-order valence-corrected chi connectivity index (χ0v) is 15.0. The third kappa shape index (κ3) is 4.16. The molecule has 1 aromatic heterocycles. The van der Waals surface area contributed by atoms with E-state index in [0.29, 0.717) is 16.1 Å². The lowest BCUT2D eigenvalue weighted by Crippen LogP contribution is -2.42. The van der Waals surface area contributed by atoms with Crippen LogP contribution in [0, 0.1) is 0 Å². The summed E-state index contributed by atoms with van der Waals surface area (Å²) >= 11 is 5.87. The predicted molar refractivity (Wildman–Crippen MR) is 102 cm³/mol. The van der Waals surface area contributed by atoms with Crippen molar-refractivity contribution in [2.45, 2.75) is 13.0 Å². The summed E-state index contributed by atoms with van der Waals surface area (Å²) in [7, 11) is 0. The molecule has 1 atom stereocenters. The number of anilines is 1. The summed E-state index contributed by atoms with van der Waals surface area (Å²) < 4.78 is 1.73. The standard InChI is InChI=1S/C21H17ClN2O2/c1-15(20(25)16-9-11-18(22)12-10-16)24-13-5-6-17(14-24)21(26)23-19-7-3-2-4-8-19/h2-15H,1H3/p+1. The van der Waals surface area contributed by atoms with E-state index in [1.165, 1.54) is 0 Å². The molecule has 0 spiro atoms. The molecule has 0 saturated carbocycles. The Labute approximate surface area is 157 Å². The second-order valence-electron chi connectivity index (χ2n) is 5.91. The van der Waals surface area contributed by atoms with Crippen LogP contribution in [0.1, 0.15) is 33.7 Å². The van der Waals surface area contributed by atoms with Crippen LogP contribution < -0.4 is 9.88 Å². The average Bonchev–Trinajstić information content (AvgIpc) is 2.68. The number of Topliss-reactive ketones (excluding diaryl/α,β-unsaturated/α-hetero) is 1. The molecular formula is C21H18ClN2O2+. The quantitative estimate of drug-likeness (QED) is 0.540. The number of carbonyl (C=O) groups excluding carboxylic acids is 2. The van der Waals surface area contributed by atoms with Gasteiger partial charge in [-0.1, -0.05) is 29.8 Å². The Kier molecular flexibility index (Phi) is 5.44. The van der Waals surface area contributed by atoms with Crippen LogP contribution in [0.4, 0.5) is 5.69 Å². The number of nitrogens with zero attached hydrogens (tertiary/aromatic N) is 1. The van der Waals surface area contributed by atoms with E-state index in [4.69, 9.17) is 11.6 Å². The minimum atomic E-state index is -0.444. The number of rotatable bonds is 5. The van der Waals surface area contributed by atoms with Gasteiger partial charge in [-0.3, -0.25) is 9.59 Å². The van der Waals surface area contributed by atoms with Crippen molar-refractivity contribution in [3.63, 3.8) is 0 Å². The third-order valence-corrected chi connectivity index (χ3v) is 4.32. The summed E-state index contributed by atoms with van der Waals surface area (Å²) in [6.07, 6.45) is 3.45. The number of benzene rings is 2. The number of para-hydroxylation sites is 1. The molecule has 0 aliphatic carbocycles. The van der Waals surface area contributed by atoms with E-state index in [2.05, 4.69) is 5.32 Å². The van der Waals surface area contributed by atoms with Gasteiger partial charge in [0.05, 0.1) is 0 Å². The van der Waals surface area contributed by atoms with Gasteiger partial charge in [0.2, 0.25) is 11.8 Å². The van der Waals surface area contributed by atoms with Gasteiger partial charge in [0, 0.05) is 29.3 Å². The van der Waals surface area contributed by atoms with E-state index < -0.39 is 6.04 Å². The summed E-state index contributed by atoms with van der Waals surface area (Å²) in [5, 5.41) is 3.42. The summed E-state index contributed by atoms with van der Waals surface area (Å²) in [6.45, 7) is 1.80. The van der Waals surface area contributed by atoms with E-state index in [1.807, 2.05) is 30.3 Å². The van der Waals surface area contributed by atoms with Crippen LogP contribution in [-0.2, 0) is 0 Å². The Morgan fingerprint density at radius 1 is 0.923 bits per heavy atom. The summed E-state index contributed by atoms with van der Waals surface area (Å²) in [5.41, 5.74) is 1.78. The first-order valence-corrected chi connectivity index (χ1v) is 8.59. The molecular weight excluding hydrogens is 348 g/mol. The molecule has 0 aliphatic heterocycles. The molecule has 3 rings (SSSR count). The summed E-state index contributed by atoms with van der Waals surface area (Å²) in [5.74, 6) is -0.274. The Morgan fingerprint density at radius 2 is 1.62 bits per heavy atom. The number of hydrogen-bond donors (Lipinski definition) is 1. The molecule has 0 aliphatic rings. The van der Waals surface area contributed by atoms with Gasteiger partial charge in [-0.2, -0.15) is 4.57 Å². The second-order valence-corrected chi connectivity index (χ2v) is 6.34. The molecule has 0 saturated heterocycles. The highest BCUT2D eigenvalue weighted by Gasteiger charge is 2.24. The zero-order chi connectivity index (χ0) is 18.5. The van der Waals surface area contributed by atoms with Crippen molar-refractivity contribution in [1.29, 1.82) is 0 Å². The number of aromatic nitrogens is 1. The van der Waals surface area contributed by atoms with Crippen LogP contribution in [0.25, 0.3) is 0 Å². The normalized spacial score (nSPS) is 11.6. The van der Waals surface area contributed by atoms with Crippen LogP contribution in [0.2, 0.25) is 5.02 Å². The van der Waals surface area contributed by atoms with Gasteiger partial charge in [0.1, 0.15) is 5.56 Å². The lowest BCUT2D eigenvalue weighted by molar-refractivity contribution is -0.704. The van der Waals surface area contributed by atoms with Crippen LogP contribution in [-0.4, -0.2) is 11.7 Å². The lowest BCUT2D eigenvalue weighted by atomic mass is 10.1. The van der Waals surface area contributed by atoms with Crippen molar-refractivity contribution in [3.8, 4) is 0 Å². The van der Waals surface area contributed by atoms with Crippen molar-refractivity contribution < 1.29 is 14.2 Å². The van der Waals surface area contributed by atoms with Crippen molar-refractivity contribution in [2.24, 2.45) is 0 Å². The van der Waals surface area contributed by atoms with Crippen LogP contribution >= 0.6 is 11.6 Å². The van der Waals surface area contributed by atoms with Gasteiger partial charge < -0.3 is 5.32 Å². The number of nitrogens with one attached hydrogen (secondary N) is 1. The minimum absolute atomic E-state index is 0.0488. The Morgan fingerprint density at radius 3 is 2.31 bits per heavy atom. The van der Waals surface area contributed by atoms with Crippen LogP contribution in [0.5, 0.6) is 0 Å². The molecule has 2 aromatic carbocycles. The van der Waals surface area contributed by atoms with E-state index in [1.54, 1.807) is 60.3 Å². The molecule has 26 heavy (non-hydrogen) atoms. The highest BCUT2D eigenvalue weighted by molar-refractivity contribution is 6.30. The number of carbonyl (C=O) groups is 2. The second kappa shape index (κ2) is 7.93. The maximum Gasteiger partial charge on any atom is 0.261 e. The van der Waals surface area contributed by atoms with Gasteiger partial charge in [-0.25, -0.2) is 0 Å². The van der Waals surface area contributed by atoms with Gasteiger partial charge >= 0.3 is 0 Å². The Bertz CT molecular complexity index is 924. The maximum atomic E-state index is 12.7. The lowest BCUT2D eigenvalue weighted by Gasteiger charge is -2.08. The highest BCUT2D eigenvalue weighted by Crippen LogP contribution is 2.14. The smallest absolute Gasteiger partial charge is 0.261 e. The van der Waals surface area contributed by atoms with Gasteiger partial charge in [0.15, 0.2) is 12.4 Å². The monoisotopic (exact) mass is 365 g/mol. The fourth-order valence-corrected chi connectivity index (χ4v) is 2.71. The van der Waals surface area contributed by atoms with E-state index in [-0.39, 0.29) is 11.7 Å². The number of amides is 1. The van der Waals surface area contributed by atoms with E-state index in [9.17, 15) is 9.59 Å². The number of ketones is 1. The Hall–Kier alpha value is -2.98. The molecule has 5 heteroatoms. The molecule has 0 radical (unpaired) electrons. The third-order valence-electron chi connectivity index (χ3n) is 4.07. The fourth-order valence-electron chi connectivity index (χ4n) is 2.58. The molecule has 1 heterocycles. The zero-order valence-electron chi connectivity index (χ0n) is 14.2. The number of halogens is 1. The summed E-state index contributed by atoms with van der Waals surface area (Å²) in [6, 6.07) is 19.0. The molecule has 1 amide bonds. The van der Waals surface area contributed by atoms with Crippen molar-refractivity contribution in [1.82, 2.24) is 0 Å². The molecule has 3 aromatic rings. The maximum absolute atomic E-state index is 12.7. The van der Waals surface area contributed by atoms with Crippen LogP contribution in [0.3, 0.4) is 0 Å². The van der Waals surface area contributed by atoms with Crippen LogP contribution in [0.15, 0.2) is 79.1 Å². The molecule has 1 N–H and O–H groups in total. The minimum Gasteiger partial charge on any atom is -0.322 e. The number of hydrogen-bond acceptors (Lipinski definition) is 2. The summed E-state index contributed by atoms with van der Waals surface area (Å²) in [4.78, 5) is 25.1. The number of pyridine rings is 1. The first-order valence-electron chi connectivity index (χ1n) is 8.21. The highest BCUT2D eigenvalue weighted by atomic mass is 35.5. The average molecular weight is 366 g/mol. The SMILES string of the molecule is CC(C(=O)c1ccc(Cl)cc1)[n+]1cccc(C(=O)Nc2ccccc2)c1. The molecule has 0 fully saturated rings. The molecule has 4 nitrogen and oxygen atoms in total. The van der Waals surface area contributed by atoms with E-state index >= 15 is 0 Å². The topological polar surface area (TPSA) is 50.0 Å². The molecule has 130 valence electrons. The van der Waals surface area contributed by atoms with Gasteiger partial charge in [0.25, 0.3) is 5.91 Å². The fraction of sp³-hybridized carbons (Fsp3) is 0.0952. The van der Waals surface area contributed by atoms with Gasteiger partial charge in [-0.15, -0.1) is 0 Å². The van der Waals surface area contributed by atoms with Crippen molar-refractivity contribution in [3.05, 3.63) is 95.3 Å². The van der Waals surface area contributed by atoms with Crippen molar-refractivity contribution >= 4 is 29.0 Å². The largest absolute Gasteiger partial charge is 0.322 e. The van der Waals surface area contributed by atoms with Crippen molar-refractivity contribution in [2.75, 3.05) is 5.32 Å². The molecule has 1 unspecified atom stereocenters. The first-order chi connectivity index (χ1) is 12.5. The van der Waals surface area contributed by atoms with E-state index in [0.717, 1.165) is 5.69 Å². The van der Waals surface area contributed by atoms with Gasteiger partial charge in [-0.05, 0) is 42.5 Å². The molecule has 0 bridgehead atoms. The predicted octanol–water partition coefficient (Wildman–Crippen LogP) is 4.32.